The van der Waals surface area contributed by atoms with Crippen molar-refractivity contribution in [2.24, 2.45) is 0 Å². The van der Waals surface area contributed by atoms with Crippen LogP contribution in [0.3, 0.4) is 0 Å². The number of fused-ring (bicyclic) bond motifs is 1. The average Bonchev–Trinajstić information content (AvgIpc) is 2.77. The molecular formula is C12H16N2OS3. The lowest BCUT2D eigenvalue weighted by molar-refractivity contribution is 0.508. The number of thioether (sulfide) groups is 1. The molecule has 98 valence electrons. The maximum Gasteiger partial charge on any atom is 0.263 e. The van der Waals surface area contributed by atoms with E-state index >= 15 is 0 Å². The molecule has 18 heavy (non-hydrogen) atoms. The number of H-pyrrole nitrogens is 1. The second kappa shape index (κ2) is 6.04. The first-order chi connectivity index (χ1) is 8.65. The molecule has 1 unspecified atom stereocenters. The van der Waals surface area contributed by atoms with Gasteiger partial charge in [0.2, 0.25) is 0 Å². The summed E-state index contributed by atoms with van der Waals surface area (Å²) in [5, 5.41) is 2.66. The molecule has 0 amide bonds. The molecule has 6 heteroatoms. The molecule has 0 saturated carbocycles. The zero-order chi connectivity index (χ0) is 13.1. The van der Waals surface area contributed by atoms with E-state index in [9.17, 15) is 4.79 Å². The minimum Gasteiger partial charge on any atom is -0.323 e. The Labute approximate surface area is 119 Å². The highest BCUT2D eigenvalue weighted by Crippen LogP contribution is 2.18. The van der Waals surface area contributed by atoms with E-state index in [4.69, 9.17) is 12.2 Å². The largest absolute Gasteiger partial charge is 0.323 e. The quantitative estimate of drug-likeness (QED) is 0.674. The Hall–Kier alpha value is -0.590. The van der Waals surface area contributed by atoms with Crippen LogP contribution in [0.4, 0.5) is 0 Å². The lowest BCUT2D eigenvalue weighted by Crippen LogP contribution is -2.25. The molecule has 0 aromatic carbocycles. The van der Waals surface area contributed by atoms with Gasteiger partial charge < -0.3 is 4.98 Å². The maximum atomic E-state index is 12.4. The first-order valence-corrected chi connectivity index (χ1v) is 8.39. The van der Waals surface area contributed by atoms with Gasteiger partial charge in [-0.15, -0.1) is 11.3 Å². The van der Waals surface area contributed by atoms with Gasteiger partial charge >= 0.3 is 0 Å². The predicted octanol–water partition coefficient (Wildman–Crippen LogP) is 3.82. The topological polar surface area (TPSA) is 37.8 Å². The average molecular weight is 300 g/mol. The van der Waals surface area contributed by atoms with Gasteiger partial charge in [-0.05, 0) is 48.5 Å². The lowest BCUT2D eigenvalue weighted by atomic mass is 10.2. The third-order valence-corrected chi connectivity index (χ3v) is 4.94. The highest BCUT2D eigenvalue weighted by atomic mass is 32.2. The molecule has 0 fully saturated rings. The third-order valence-electron chi connectivity index (χ3n) is 2.88. The van der Waals surface area contributed by atoms with Gasteiger partial charge in [-0.1, -0.05) is 6.92 Å². The van der Waals surface area contributed by atoms with E-state index in [1.165, 1.54) is 11.3 Å². The first kappa shape index (κ1) is 13.8. The molecule has 0 radical (unpaired) electrons. The summed E-state index contributed by atoms with van der Waals surface area (Å²) >= 11 is 8.70. The molecule has 1 atom stereocenters. The Bertz CT molecular complexity index is 641. The van der Waals surface area contributed by atoms with E-state index in [2.05, 4.69) is 18.8 Å². The van der Waals surface area contributed by atoms with E-state index in [1.54, 1.807) is 4.57 Å². The number of thiophene rings is 1. The van der Waals surface area contributed by atoms with Crippen LogP contribution >= 0.6 is 35.3 Å². The van der Waals surface area contributed by atoms with Crippen molar-refractivity contribution in [3.05, 3.63) is 26.6 Å². The van der Waals surface area contributed by atoms with Gasteiger partial charge in [0.05, 0.1) is 5.39 Å². The van der Waals surface area contributed by atoms with Crippen LogP contribution in [0, 0.1) is 4.77 Å². The van der Waals surface area contributed by atoms with Crippen molar-refractivity contribution in [2.75, 3.05) is 11.5 Å². The Morgan fingerprint density at radius 1 is 1.61 bits per heavy atom. The standard InChI is InChI=1S/C12H16N2OS3/c1-3-17-6-4-8(2)14-11(15)9-5-7-18-10(9)13-12(14)16/h5,7-8H,3-4,6H2,1-2H3,(H,13,16). The zero-order valence-corrected chi connectivity index (χ0v) is 12.9. The minimum absolute atomic E-state index is 0.0315. The van der Waals surface area contributed by atoms with Crippen LogP contribution in [0.15, 0.2) is 16.2 Å². The molecule has 0 spiro atoms. The smallest absolute Gasteiger partial charge is 0.263 e. The predicted molar refractivity (Wildman–Crippen MR) is 83.6 cm³/mol. The fourth-order valence-electron chi connectivity index (χ4n) is 1.88. The molecular weight excluding hydrogens is 284 g/mol. The van der Waals surface area contributed by atoms with Gasteiger partial charge in [-0.25, -0.2) is 0 Å². The summed E-state index contributed by atoms with van der Waals surface area (Å²) in [6.07, 6.45) is 0.964. The van der Waals surface area contributed by atoms with Crippen LogP contribution < -0.4 is 5.56 Å². The Kier molecular flexibility index (Phi) is 4.64. The molecule has 0 aliphatic rings. The molecule has 2 aromatic rings. The van der Waals surface area contributed by atoms with E-state index < -0.39 is 0 Å². The molecule has 2 rings (SSSR count). The third kappa shape index (κ3) is 2.70. The van der Waals surface area contributed by atoms with E-state index in [-0.39, 0.29) is 11.6 Å². The van der Waals surface area contributed by atoms with Crippen molar-refractivity contribution in [1.82, 2.24) is 9.55 Å². The Morgan fingerprint density at radius 3 is 3.11 bits per heavy atom. The van der Waals surface area contributed by atoms with Crippen molar-refractivity contribution in [3.8, 4) is 0 Å². The summed E-state index contributed by atoms with van der Waals surface area (Å²) < 4.78 is 2.24. The van der Waals surface area contributed by atoms with Gasteiger partial charge in [0, 0.05) is 6.04 Å². The van der Waals surface area contributed by atoms with Gasteiger partial charge in [-0.3, -0.25) is 9.36 Å². The highest BCUT2D eigenvalue weighted by molar-refractivity contribution is 7.99. The molecule has 0 bridgehead atoms. The first-order valence-electron chi connectivity index (χ1n) is 5.95. The molecule has 0 aliphatic heterocycles. The summed E-state index contributed by atoms with van der Waals surface area (Å²) in [6.45, 7) is 4.20. The summed E-state index contributed by atoms with van der Waals surface area (Å²) in [7, 11) is 0. The minimum atomic E-state index is 0.0315. The summed E-state index contributed by atoms with van der Waals surface area (Å²) in [4.78, 5) is 16.4. The van der Waals surface area contributed by atoms with Crippen LogP contribution in [0.2, 0.25) is 0 Å². The van der Waals surface area contributed by atoms with Crippen molar-refractivity contribution < 1.29 is 0 Å². The fourth-order valence-corrected chi connectivity index (χ4v) is 3.89. The van der Waals surface area contributed by atoms with Crippen molar-refractivity contribution in [3.63, 3.8) is 0 Å². The Morgan fingerprint density at radius 2 is 2.39 bits per heavy atom. The summed E-state index contributed by atoms with van der Waals surface area (Å²) in [5.41, 5.74) is 0.0315. The van der Waals surface area contributed by atoms with Crippen molar-refractivity contribution in [1.29, 1.82) is 0 Å². The molecule has 2 aromatic heterocycles. The summed E-state index contributed by atoms with van der Waals surface area (Å²) in [6, 6.07) is 2.00. The van der Waals surface area contributed by atoms with E-state index in [1.807, 2.05) is 23.2 Å². The number of aromatic amines is 1. The van der Waals surface area contributed by atoms with Crippen LogP contribution in [-0.2, 0) is 0 Å². The molecule has 0 aliphatic carbocycles. The Balaban J connectivity index is 2.37. The second-order valence-corrected chi connectivity index (χ2v) is 6.80. The van der Waals surface area contributed by atoms with Crippen LogP contribution in [0.1, 0.15) is 26.3 Å². The zero-order valence-electron chi connectivity index (χ0n) is 10.4. The monoisotopic (exact) mass is 300 g/mol. The van der Waals surface area contributed by atoms with Crippen molar-refractivity contribution in [2.45, 2.75) is 26.3 Å². The van der Waals surface area contributed by atoms with Crippen LogP contribution in [0.5, 0.6) is 0 Å². The number of hydrogen-bond acceptors (Lipinski definition) is 4. The van der Waals surface area contributed by atoms with E-state index in [0.29, 0.717) is 4.77 Å². The number of hydrogen-bond donors (Lipinski definition) is 1. The van der Waals surface area contributed by atoms with Crippen LogP contribution in [0.25, 0.3) is 10.2 Å². The van der Waals surface area contributed by atoms with Crippen molar-refractivity contribution >= 4 is 45.5 Å². The summed E-state index contributed by atoms with van der Waals surface area (Å²) in [5.74, 6) is 2.17. The SMILES string of the molecule is CCSCCC(C)n1c(=S)[nH]c2sccc2c1=O. The molecule has 2 heterocycles. The van der Waals surface area contributed by atoms with E-state index in [0.717, 1.165) is 28.1 Å². The number of nitrogens with zero attached hydrogens (tertiary/aromatic N) is 1. The number of nitrogens with one attached hydrogen (secondary N) is 1. The van der Waals surface area contributed by atoms with Crippen LogP contribution in [-0.4, -0.2) is 21.1 Å². The number of aromatic nitrogens is 2. The van der Waals surface area contributed by atoms with Gasteiger partial charge in [0.15, 0.2) is 4.77 Å². The number of rotatable bonds is 5. The normalized spacial score (nSPS) is 13.0. The van der Waals surface area contributed by atoms with Gasteiger partial charge in [0.1, 0.15) is 4.83 Å². The van der Waals surface area contributed by atoms with Gasteiger partial charge in [-0.2, -0.15) is 11.8 Å². The molecule has 3 nitrogen and oxygen atoms in total. The van der Waals surface area contributed by atoms with Gasteiger partial charge in [0.25, 0.3) is 5.56 Å². The fraction of sp³-hybridized carbons (Fsp3) is 0.500. The molecule has 0 saturated heterocycles. The highest BCUT2D eigenvalue weighted by Gasteiger charge is 2.12. The molecule has 1 N–H and O–H groups in total. The maximum absolute atomic E-state index is 12.4. The lowest BCUT2D eigenvalue weighted by Gasteiger charge is -2.14. The second-order valence-electron chi connectivity index (χ2n) is 4.10.